The van der Waals surface area contributed by atoms with E-state index < -0.39 is 38.4 Å². The van der Waals surface area contributed by atoms with Gasteiger partial charge in [0.1, 0.15) is 11.0 Å². The Bertz CT molecular complexity index is 1150. The molecule has 5 atom stereocenters. The van der Waals surface area contributed by atoms with Crippen LogP contribution in [0.4, 0.5) is 0 Å². The number of likely N-dealkylation sites (N-methyl/N-ethyl adjacent to an activating group) is 1. The fourth-order valence-electron chi connectivity index (χ4n) is 6.27. The number of carbonyl (C=O) groups is 4. The highest BCUT2D eigenvalue weighted by Gasteiger charge is 2.41. The van der Waals surface area contributed by atoms with E-state index in [4.69, 9.17) is 9.16 Å². The molecular formula is C34H60N4O7SSi. The maximum atomic E-state index is 14.7. The van der Waals surface area contributed by atoms with Gasteiger partial charge in [0.25, 0.3) is 0 Å². The Morgan fingerprint density at radius 2 is 1.77 bits per heavy atom. The van der Waals surface area contributed by atoms with Gasteiger partial charge in [0, 0.05) is 17.8 Å². The van der Waals surface area contributed by atoms with Crippen molar-refractivity contribution in [1.29, 1.82) is 0 Å². The molecule has 2 heterocycles. The SMILES string of the molecule is CCCC(=O)OCN(C(=O)[C@H](NC(=O)[C@@H]1CCCCN1C)[C@@H](C)CC)[C@H](C[C@@H](O[Si](CC)(CC)CC)c1nc(C(=O)O)cs1)C(C)C. The summed E-state index contributed by atoms with van der Waals surface area (Å²) < 4.78 is 12.7. The van der Waals surface area contributed by atoms with E-state index in [1.165, 1.54) is 16.7 Å². The summed E-state index contributed by atoms with van der Waals surface area (Å²) in [6.45, 7) is 16.8. The highest BCUT2D eigenvalue weighted by molar-refractivity contribution is 7.09. The summed E-state index contributed by atoms with van der Waals surface area (Å²) >= 11 is 1.25. The van der Waals surface area contributed by atoms with Gasteiger partial charge in [-0.15, -0.1) is 11.3 Å². The van der Waals surface area contributed by atoms with Crippen molar-refractivity contribution in [3.05, 3.63) is 16.1 Å². The second-order valence-corrected chi connectivity index (χ2v) is 19.0. The lowest BCUT2D eigenvalue weighted by molar-refractivity contribution is -0.159. The van der Waals surface area contributed by atoms with E-state index in [-0.39, 0.29) is 48.5 Å². The molecule has 0 unspecified atom stereocenters. The van der Waals surface area contributed by atoms with Gasteiger partial charge in [-0.3, -0.25) is 19.3 Å². The van der Waals surface area contributed by atoms with Gasteiger partial charge in [-0.25, -0.2) is 9.78 Å². The van der Waals surface area contributed by atoms with Crippen LogP contribution >= 0.6 is 11.3 Å². The lowest BCUT2D eigenvalue weighted by Crippen LogP contribution is -2.59. The topological polar surface area (TPSA) is 138 Å². The number of aromatic carboxylic acids is 1. The quantitative estimate of drug-likeness (QED) is 0.0893. The van der Waals surface area contributed by atoms with E-state index in [1.807, 2.05) is 46.6 Å². The maximum absolute atomic E-state index is 14.7. The zero-order valence-electron chi connectivity index (χ0n) is 30.2. The van der Waals surface area contributed by atoms with Gasteiger partial charge in [-0.2, -0.15) is 0 Å². The Balaban J connectivity index is 2.58. The second-order valence-electron chi connectivity index (χ2n) is 13.3. The molecule has 0 spiro atoms. The standard InChI is InChI=1S/C34H60N4O7SSi/c1-10-17-29(39)44-22-38(33(41)30(24(8)11-2)36-31(40)26-18-15-16-19-37(26)9)27(23(6)7)20-28(45-47(12-3,13-4)14-5)32-35-25(21-46-32)34(42)43/h21,23-24,26-28,30H,10-20,22H2,1-9H3,(H,36,40)(H,42,43)/t24-,26-,27+,28+,30+/m0/s1. The Kier molecular flexibility index (Phi) is 17.0. The Labute approximate surface area is 287 Å². The van der Waals surface area contributed by atoms with Crippen LogP contribution in [0.1, 0.15) is 122 Å². The van der Waals surface area contributed by atoms with Gasteiger partial charge in [0.2, 0.25) is 11.8 Å². The van der Waals surface area contributed by atoms with Crippen LogP contribution in [-0.2, 0) is 23.5 Å². The number of ether oxygens (including phenoxy) is 1. The number of aromatic nitrogens is 1. The van der Waals surface area contributed by atoms with Crippen molar-refractivity contribution in [2.45, 2.75) is 143 Å². The number of likely N-dealkylation sites (tertiary alicyclic amines) is 1. The molecule has 2 amide bonds. The zero-order valence-corrected chi connectivity index (χ0v) is 32.0. The molecule has 0 aromatic carbocycles. The van der Waals surface area contributed by atoms with Crippen molar-refractivity contribution in [2.24, 2.45) is 11.8 Å². The first-order valence-corrected chi connectivity index (χ1v) is 21.0. The highest BCUT2D eigenvalue weighted by Crippen LogP contribution is 2.36. The molecule has 0 aliphatic carbocycles. The first-order chi connectivity index (χ1) is 22.3. The number of thiazole rings is 1. The Morgan fingerprint density at radius 1 is 1.11 bits per heavy atom. The maximum Gasteiger partial charge on any atom is 0.355 e. The molecule has 1 aromatic heterocycles. The van der Waals surface area contributed by atoms with Gasteiger partial charge < -0.3 is 24.5 Å². The summed E-state index contributed by atoms with van der Waals surface area (Å²) in [6.07, 6.45) is 4.02. The van der Waals surface area contributed by atoms with E-state index in [0.717, 1.165) is 43.9 Å². The minimum atomic E-state index is -2.22. The molecular weight excluding hydrogens is 637 g/mol. The number of nitrogens with one attached hydrogen (secondary N) is 1. The van der Waals surface area contributed by atoms with E-state index in [1.54, 1.807) is 4.90 Å². The monoisotopic (exact) mass is 696 g/mol. The molecule has 1 saturated heterocycles. The molecule has 2 N–H and O–H groups in total. The van der Waals surface area contributed by atoms with Crippen molar-refractivity contribution in [1.82, 2.24) is 20.1 Å². The number of rotatable bonds is 20. The molecule has 2 rings (SSSR count). The van der Waals surface area contributed by atoms with E-state index in [2.05, 4.69) is 31.1 Å². The molecule has 268 valence electrons. The predicted octanol–water partition coefficient (Wildman–Crippen LogP) is 6.46. The number of esters is 1. The predicted molar refractivity (Wildman–Crippen MR) is 188 cm³/mol. The third-order valence-corrected chi connectivity index (χ3v) is 15.5. The van der Waals surface area contributed by atoms with Crippen molar-refractivity contribution < 1.29 is 33.4 Å². The van der Waals surface area contributed by atoms with Crippen molar-refractivity contribution in [3.8, 4) is 0 Å². The number of carbonyl (C=O) groups excluding carboxylic acids is 3. The summed E-state index contributed by atoms with van der Waals surface area (Å²) in [5, 5.41) is 14.8. The van der Waals surface area contributed by atoms with Crippen LogP contribution in [0.15, 0.2) is 5.38 Å². The molecule has 0 bridgehead atoms. The van der Waals surface area contributed by atoms with Crippen molar-refractivity contribution >= 4 is 43.4 Å². The van der Waals surface area contributed by atoms with Crippen LogP contribution in [-0.4, -0.2) is 90.4 Å². The fraction of sp³-hybridized carbons (Fsp3) is 0.794. The summed E-state index contributed by atoms with van der Waals surface area (Å²) in [5.74, 6) is -2.23. The third kappa shape index (κ3) is 11.4. The minimum absolute atomic E-state index is 0.0369. The Morgan fingerprint density at radius 3 is 2.28 bits per heavy atom. The van der Waals surface area contributed by atoms with Gasteiger partial charge in [-0.05, 0) is 69.2 Å². The normalized spacial score (nSPS) is 18.3. The summed E-state index contributed by atoms with van der Waals surface area (Å²) in [7, 11) is -0.273. The molecule has 0 radical (unpaired) electrons. The van der Waals surface area contributed by atoms with Crippen molar-refractivity contribution in [2.75, 3.05) is 20.3 Å². The third-order valence-electron chi connectivity index (χ3n) is 9.92. The zero-order chi connectivity index (χ0) is 35.3. The van der Waals surface area contributed by atoms with Crippen LogP contribution in [0.25, 0.3) is 0 Å². The lowest BCUT2D eigenvalue weighted by Gasteiger charge is -2.41. The molecule has 1 aliphatic heterocycles. The molecule has 47 heavy (non-hydrogen) atoms. The van der Waals surface area contributed by atoms with Gasteiger partial charge in [0.05, 0.1) is 12.1 Å². The first kappa shape index (κ1) is 40.8. The van der Waals surface area contributed by atoms with E-state index in [0.29, 0.717) is 24.3 Å². The molecule has 1 aromatic rings. The van der Waals surface area contributed by atoms with E-state index in [9.17, 15) is 24.3 Å². The number of hydrogen-bond donors (Lipinski definition) is 2. The molecule has 1 aliphatic rings. The molecule has 1 fully saturated rings. The van der Waals surface area contributed by atoms with Crippen LogP contribution < -0.4 is 5.32 Å². The lowest BCUT2D eigenvalue weighted by atomic mass is 9.92. The van der Waals surface area contributed by atoms with Crippen LogP contribution in [0, 0.1) is 11.8 Å². The van der Waals surface area contributed by atoms with Crippen LogP contribution in [0.5, 0.6) is 0 Å². The van der Waals surface area contributed by atoms with Crippen molar-refractivity contribution in [3.63, 3.8) is 0 Å². The van der Waals surface area contributed by atoms with Crippen LogP contribution in [0.3, 0.4) is 0 Å². The number of piperidine rings is 1. The number of carboxylic acid groups (broad SMARTS) is 1. The first-order valence-electron chi connectivity index (χ1n) is 17.6. The smallest absolute Gasteiger partial charge is 0.355 e. The number of carboxylic acids is 1. The number of amides is 2. The summed E-state index contributed by atoms with van der Waals surface area (Å²) in [6, 6.07) is 1.07. The molecule has 0 saturated carbocycles. The minimum Gasteiger partial charge on any atom is -0.476 e. The summed E-state index contributed by atoms with van der Waals surface area (Å²) in [4.78, 5) is 60.9. The highest BCUT2D eigenvalue weighted by atomic mass is 32.1. The van der Waals surface area contributed by atoms with Gasteiger partial charge in [-0.1, -0.05) is 68.2 Å². The average molecular weight is 697 g/mol. The van der Waals surface area contributed by atoms with Gasteiger partial charge >= 0.3 is 11.9 Å². The second kappa shape index (κ2) is 19.6. The molecule has 11 nitrogen and oxygen atoms in total. The fourth-order valence-corrected chi connectivity index (χ4v) is 10.0. The average Bonchev–Trinajstić information content (AvgIpc) is 3.55. The number of hydrogen-bond acceptors (Lipinski definition) is 9. The summed E-state index contributed by atoms with van der Waals surface area (Å²) in [5.41, 5.74) is -0.0369. The Hall–Kier alpha value is -2.35. The largest absolute Gasteiger partial charge is 0.476 e. The van der Waals surface area contributed by atoms with Crippen LogP contribution in [0.2, 0.25) is 18.1 Å². The number of nitrogens with zero attached hydrogens (tertiary/aromatic N) is 3. The van der Waals surface area contributed by atoms with E-state index >= 15 is 0 Å². The van der Waals surface area contributed by atoms with Gasteiger partial charge in [0.15, 0.2) is 20.7 Å². The molecule has 13 heteroatoms.